The van der Waals surface area contributed by atoms with Crippen LogP contribution in [0.2, 0.25) is 0 Å². The van der Waals surface area contributed by atoms with Crippen LogP contribution in [0.25, 0.3) is 0 Å². The van der Waals surface area contributed by atoms with E-state index in [1.165, 1.54) is 0 Å². The van der Waals surface area contributed by atoms with Gasteiger partial charge in [-0.05, 0) is 33.6 Å². The highest BCUT2D eigenvalue weighted by atomic mass is 16.6. The number of carbonyl (C=O) groups excluding carboxylic acids is 2. The first-order valence-electron chi connectivity index (χ1n) is 8.52. The molecule has 0 aliphatic heterocycles. The molecule has 0 saturated carbocycles. The molecule has 0 radical (unpaired) electrons. The maximum absolute atomic E-state index is 11.7. The molecule has 0 fully saturated rings. The Morgan fingerprint density at radius 2 is 1.59 bits per heavy atom. The van der Waals surface area contributed by atoms with Crippen LogP contribution in [0, 0.1) is 0 Å². The second-order valence-electron chi connectivity index (χ2n) is 6.62. The van der Waals surface area contributed by atoms with E-state index in [1.807, 2.05) is 5.32 Å². The third kappa shape index (κ3) is 16.4. The van der Waals surface area contributed by atoms with Gasteiger partial charge in [-0.3, -0.25) is 25.2 Å². The molecule has 0 saturated heterocycles. The predicted octanol–water partition coefficient (Wildman–Crippen LogP) is 1.29. The molecule has 0 spiro atoms. The third-order valence-electron chi connectivity index (χ3n) is 2.83. The Labute approximate surface area is 157 Å². The summed E-state index contributed by atoms with van der Waals surface area (Å²) in [6.45, 7) is 5.71. The second-order valence-corrected chi connectivity index (χ2v) is 6.62. The fraction of sp³-hybridized carbons (Fsp3) is 0.688. The Morgan fingerprint density at radius 1 is 0.963 bits per heavy atom. The Kier molecular flexibility index (Phi) is 11.2. The smallest absolute Gasteiger partial charge is 0.414 e. The number of aliphatic carboxylic acids is 1. The van der Waals surface area contributed by atoms with Crippen LogP contribution >= 0.6 is 0 Å². The number of carboxylic acids is 1. The molecule has 154 valence electrons. The number of hydrogen-bond donors (Lipinski definition) is 5. The predicted molar refractivity (Wildman–Crippen MR) is 96.6 cm³/mol. The Morgan fingerprint density at radius 3 is 2.15 bits per heavy atom. The maximum Gasteiger partial charge on any atom is 0.414 e. The molecule has 0 aliphatic rings. The molecule has 0 unspecified atom stereocenters. The number of aliphatic imine (C=N–C) groups is 1. The van der Waals surface area contributed by atoms with E-state index >= 15 is 0 Å². The first kappa shape index (κ1) is 24.1. The topological polar surface area (TPSA) is 166 Å². The van der Waals surface area contributed by atoms with Gasteiger partial charge in [0.25, 0.3) is 0 Å². The average Bonchev–Trinajstić information content (AvgIpc) is 2.46. The zero-order chi connectivity index (χ0) is 20.9. The van der Waals surface area contributed by atoms with Crippen LogP contribution in [-0.2, 0) is 14.3 Å². The van der Waals surface area contributed by atoms with Crippen LogP contribution in [0.15, 0.2) is 4.99 Å². The van der Waals surface area contributed by atoms with Gasteiger partial charge in [0.1, 0.15) is 12.0 Å². The highest BCUT2D eigenvalue weighted by Gasteiger charge is 2.18. The largest absolute Gasteiger partial charge is 0.481 e. The molecular formula is C16H28N4O7. The van der Waals surface area contributed by atoms with Crippen LogP contribution in [0.1, 0.15) is 52.9 Å². The quantitative estimate of drug-likeness (QED) is 0.172. The van der Waals surface area contributed by atoms with Crippen LogP contribution in [0.3, 0.4) is 0 Å². The highest BCUT2D eigenvalue weighted by molar-refractivity contribution is 6.00. The summed E-state index contributed by atoms with van der Waals surface area (Å²) >= 11 is 0. The fourth-order valence-electron chi connectivity index (χ4n) is 1.82. The van der Waals surface area contributed by atoms with E-state index in [4.69, 9.17) is 14.9 Å². The van der Waals surface area contributed by atoms with Crippen molar-refractivity contribution in [2.45, 2.75) is 58.5 Å². The molecule has 0 rings (SSSR count). The molecular weight excluding hydrogens is 360 g/mol. The molecule has 0 heterocycles. The lowest BCUT2D eigenvalue weighted by atomic mass is 10.2. The number of unbranched alkanes of at least 4 members (excludes halogenated alkanes) is 3. The summed E-state index contributed by atoms with van der Waals surface area (Å²) in [4.78, 5) is 47.8. The number of amides is 3. The molecule has 0 bridgehead atoms. The number of nitrogens with zero attached hydrogens (tertiary/aromatic N) is 1. The summed E-state index contributed by atoms with van der Waals surface area (Å²) < 4.78 is 5.03. The monoisotopic (exact) mass is 388 g/mol. The Hall–Kier alpha value is -2.85. The molecule has 27 heavy (non-hydrogen) atoms. The lowest BCUT2D eigenvalue weighted by Gasteiger charge is -2.20. The zero-order valence-electron chi connectivity index (χ0n) is 15.8. The molecule has 0 aromatic rings. The van der Waals surface area contributed by atoms with Crippen LogP contribution in [0.5, 0.6) is 0 Å². The summed E-state index contributed by atoms with van der Waals surface area (Å²) in [6.07, 6.45) is 0.164. The van der Waals surface area contributed by atoms with Gasteiger partial charge in [0.15, 0.2) is 0 Å². The molecule has 3 amide bonds. The SMILES string of the molecule is CC(C)(C)OC(=O)NC(=NCCCCCCNC(=O)CC(=O)O)NC(=O)O. The van der Waals surface area contributed by atoms with Crippen LogP contribution < -0.4 is 16.0 Å². The summed E-state index contributed by atoms with van der Waals surface area (Å²) in [5, 5.41) is 24.0. The van der Waals surface area contributed by atoms with E-state index in [0.717, 1.165) is 12.8 Å². The molecule has 0 atom stereocenters. The van der Waals surface area contributed by atoms with Gasteiger partial charge < -0.3 is 20.3 Å². The van der Waals surface area contributed by atoms with Gasteiger partial charge in [-0.1, -0.05) is 12.8 Å². The van der Waals surface area contributed by atoms with Gasteiger partial charge in [-0.2, -0.15) is 0 Å². The minimum Gasteiger partial charge on any atom is -0.481 e. The van der Waals surface area contributed by atoms with Crippen molar-refractivity contribution >= 4 is 30.0 Å². The van der Waals surface area contributed by atoms with Crippen molar-refractivity contribution in [1.29, 1.82) is 0 Å². The van der Waals surface area contributed by atoms with E-state index < -0.39 is 36.1 Å². The van der Waals surface area contributed by atoms with Gasteiger partial charge in [-0.15, -0.1) is 0 Å². The Bertz CT molecular complexity index is 555. The zero-order valence-corrected chi connectivity index (χ0v) is 15.8. The second kappa shape index (κ2) is 12.5. The molecule has 0 aromatic heterocycles. The van der Waals surface area contributed by atoms with Crippen molar-refractivity contribution < 1.29 is 34.1 Å². The van der Waals surface area contributed by atoms with Crippen molar-refractivity contribution in [3.8, 4) is 0 Å². The van der Waals surface area contributed by atoms with Crippen molar-refractivity contribution in [2.24, 2.45) is 4.99 Å². The number of carboxylic acid groups (broad SMARTS) is 2. The van der Waals surface area contributed by atoms with Gasteiger partial charge in [0.2, 0.25) is 11.9 Å². The number of carbonyl (C=O) groups is 4. The standard InChI is InChI=1S/C16H28N4O7/c1-16(2,3)27-15(26)20-13(19-14(24)25)18-9-7-5-4-6-8-17-11(21)10-12(22)23/h4-10H2,1-3H3,(H,17,21)(H,22,23)(H,24,25)(H2,18,19,20,26). The highest BCUT2D eigenvalue weighted by Crippen LogP contribution is 2.06. The van der Waals surface area contributed by atoms with Crippen molar-refractivity contribution in [3.63, 3.8) is 0 Å². The van der Waals surface area contributed by atoms with E-state index in [1.54, 1.807) is 20.8 Å². The number of hydrogen-bond acceptors (Lipinski definition) is 6. The first-order valence-corrected chi connectivity index (χ1v) is 8.52. The number of ether oxygens (including phenoxy) is 1. The van der Waals surface area contributed by atoms with Gasteiger partial charge in [0.05, 0.1) is 0 Å². The normalized spacial score (nSPS) is 11.4. The van der Waals surface area contributed by atoms with E-state index in [-0.39, 0.29) is 12.5 Å². The number of guanidine groups is 1. The van der Waals surface area contributed by atoms with E-state index in [2.05, 4.69) is 15.6 Å². The van der Waals surface area contributed by atoms with Gasteiger partial charge in [-0.25, -0.2) is 9.59 Å². The maximum atomic E-state index is 11.7. The number of rotatable bonds is 9. The molecule has 5 N–H and O–H groups in total. The minimum atomic E-state index is -1.36. The summed E-state index contributed by atoms with van der Waals surface area (Å²) in [6, 6.07) is 0. The lowest BCUT2D eigenvalue weighted by Crippen LogP contribution is -2.45. The molecule has 11 nitrogen and oxygen atoms in total. The number of nitrogens with one attached hydrogen (secondary N) is 3. The Balaban J connectivity index is 4.10. The van der Waals surface area contributed by atoms with Gasteiger partial charge >= 0.3 is 18.2 Å². The fourth-order valence-corrected chi connectivity index (χ4v) is 1.82. The number of alkyl carbamates (subject to hydrolysis) is 1. The van der Waals surface area contributed by atoms with Crippen molar-refractivity contribution in [1.82, 2.24) is 16.0 Å². The molecule has 11 heteroatoms. The van der Waals surface area contributed by atoms with E-state index in [0.29, 0.717) is 19.4 Å². The van der Waals surface area contributed by atoms with Gasteiger partial charge in [0, 0.05) is 13.1 Å². The van der Waals surface area contributed by atoms with Crippen LogP contribution in [-0.4, -0.2) is 58.9 Å². The van der Waals surface area contributed by atoms with Crippen LogP contribution in [0.4, 0.5) is 9.59 Å². The summed E-state index contributed by atoms with van der Waals surface area (Å²) in [5.41, 5.74) is -0.724. The first-order chi connectivity index (χ1) is 12.5. The summed E-state index contributed by atoms with van der Waals surface area (Å²) in [7, 11) is 0. The molecule has 0 aromatic carbocycles. The average molecular weight is 388 g/mol. The molecule has 0 aliphatic carbocycles. The van der Waals surface area contributed by atoms with Crippen molar-refractivity contribution in [2.75, 3.05) is 13.1 Å². The minimum absolute atomic E-state index is 0.210. The van der Waals surface area contributed by atoms with Crippen molar-refractivity contribution in [3.05, 3.63) is 0 Å². The lowest BCUT2D eigenvalue weighted by molar-refractivity contribution is -0.140. The third-order valence-corrected chi connectivity index (χ3v) is 2.83. The van der Waals surface area contributed by atoms with E-state index in [9.17, 15) is 19.2 Å². The summed E-state index contributed by atoms with van der Waals surface area (Å²) in [5.74, 6) is -1.90.